The minimum absolute atomic E-state index is 0.0750. The Morgan fingerprint density at radius 1 is 0.688 bits per heavy atom. The molecular weight excluding hydrogens is 588 g/mol. The van der Waals surface area contributed by atoms with Gasteiger partial charge in [0.25, 0.3) is 0 Å². The van der Waals surface area contributed by atoms with E-state index in [4.69, 9.17) is 0 Å². The van der Waals surface area contributed by atoms with Crippen LogP contribution in [0.4, 0.5) is 11.4 Å². The molecule has 4 heteroatoms. The lowest BCUT2D eigenvalue weighted by molar-refractivity contribution is -0.109. The van der Waals surface area contributed by atoms with E-state index in [-0.39, 0.29) is 22.6 Å². The predicted molar refractivity (Wildman–Crippen MR) is 204 cm³/mol. The van der Waals surface area contributed by atoms with E-state index in [2.05, 4.69) is 102 Å². The Bertz CT molecular complexity index is 2090. The van der Waals surface area contributed by atoms with Crippen LogP contribution in [0.15, 0.2) is 66.4 Å². The van der Waals surface area contributed by atoms with Crippen molar-refractivity contribution in [1.29, 1.82) is 0 Å². The van der Waals surface area contributed by atoms with Crippen LogP contribution < -0.4 is 21.1 Å². The van der Waals surface area contributed by atoms with Gasteiger partial charge in [0.15, 0.2) is 0 Å². The highest BCUT2D eigenvalue weighted by molar-refractivity contribution is 6.52. The lowest BCUT2D eigenvalue weighted by Gasteiger charge is -2.43. The van der Waals surface area contributed by atoms with E-state index in [0.717, 1.165) is 80.2 Å². The first kappa shape index (κ1) is 32.5. The molecule has 0 bridgehead atoms. The number of aryl methyl sites for hydroxylation is 1. The number of fused-ring (bicyclic) bond motifs is 2. The first-order valence-electron chi connectivity index (χ1n) is 18.1. The van der Waals surface area contributed by atoms with E-state index in [1.807, 2.05) is 24.3 Å². The van der Waals surface area contributed by atoms with Gasteiger partial charge in [-0.1, -0.05) is 94.9 Å². The van der Waals surface area contributed by atoms with Crippen LogP contribution in [-0.4, -0.2) is 22.0 Å². The summed E-state index contributed by atoms with van der Waals surface area (Å²) in [5.74, 6) is 2.38. The lowest BCUT2D eigenvalue weighted by Crippen LogP contribution is -2.44. The second kappa shape index (κ2) is 11.8. The highest BCUT2D eigenvalue weighted by atomic mass is 16.3. The molecule has 3 N–H and O–H groups in total. The summed E-state index contributed by atoms with van der Waals surface area (Å²) in [6.45, 7) is 20.5. The van der Waals surface area contributed by atoms with E-state index in [9.17, 15) is 9.90 Å². The summed E-state index contributed by atoms with van der Waals surface area (Å²) in [5, 5.41) is 26.0. The monoisotopic (exact) mass is 640 g/mol. The molecular formula is C44H52N2O2. The van der Waals surface area contributed by atoms with Crippen molar-refractivity contribution in [2.24, 2.45) is 23.7 Å². The van der Waals surface area contributed by atoms with Gasteiger partial charge < -0.3 is 15.7 Å². The van der Waals surface area contributed by atoms with Gasteiger partial charge in [-0.25, -0.2) is 0 Å². The summed E-state index contributed by atoms with van der Waals surface area (Å²) in [7, 11) is 0. The van der Waals surface area contributed by atoms with E-state index < -0.39 is 0 Å². The number of carbonyl (C=O) groups is 1. The summed E-state index contributed by atoms with van der Waals surface area (Å²) >= 11 is 0. The number of benzene rings is 4. The minimum atomic E-state index is -0.144. The van der Waals surface area contributed by atoms with Gasteiger partial charge >= 0.3 is 0 Å². The summed E-state index contributed by atoms with van der Waals surface area (Å²) in [4.78, 5) is 14.5. The molecule has 48 heavy (non-hydrogen) atoms. The molecule has 250 valence electrons. The van der Waals surface area contributed by atoms with E-state index in [0.29, 0.717) is 34.8 Å². The molecule has 2 fully saturated rings. The second-order valence-electron chi connectivity index (χ2n) is 16.7. The molecule has 0 aliphatic heterocycles. The Hall–Kier alpha value is -4.05. The maximum atomic E-state index is 14.5. The molecule has 4 nitrogen and oxygen atoms in total. The van der Waals surface area contributed by atoms with E-state index in [1.54, 1.807) is 0 Å². The molecule has 4 aromatic carbocycles. The molecule has 3 aliphatic rings. The molecule has 0 heterocycles. The van der Waals surface area contributed by atoms with Crippen molar-refractivity contribution in [1.82, 2.24) is 0 Å². The summed E-state index contributed by atoms with van der Waals surface area (Å²) in [6.07, 6.45) is 6.67. The number of hydrogen-bond donors (Lipinski definition) is 3. The van der Waals surface area contributed by atoms with Crippen LogP contribution in [-0.2, 0) is 4.79 Å². The molecule has 0 amide bonds. The molecule has 4 unspecified atom stereocenters. The van der Waals surface area contributed by atoms with Crippen LogP contribution in [0.3, 0.4) is 0 Å². The van der Waals surface area contributed by atoms with E-state index in [1.165, 1.54) is 12.8 Å². The third-order valence-electron chi connectivity index (χ3n) is 11.5. The van der Waals surface area contributed by atoms with Gasteiger partial charge in [0.2, 0.25) is 5.78 Å². The average molecular weight is 641 g/mol. The SMILES string of the molecule is C=c1cccc2cc/c(=C3/C(=O)C(c4ccc5cccc(C)c5c4NC4(C)CC(C)CC(C)C4)=C3O)c(NC3(C)CC(C)CC(C)C3)c12. The summed E-state index contributed by atoms with van der Waals surface area (Å²) in [6, 6.07) is 20.7. The smallest absolute Gasteiger partial charge is 0.201 e. The van der Waals surface area contributed by atoms with Gasteiger partial charge in [0, 0.05) is 32.6 Å². The summed E-state index contributed by atoms with van der Waals surface area (Å²) < 4.78 is 0. The van der Waals surface area contributed by atoms with Crippen molar-refractivity contribution in [2.45, 2.75) is 98.1 Å². The molecule has 2 saturated carbocycles. The number of anilines is 2. The quantitative estimate of drug-likeness (QED) is 0.203. The number of ketones is 1. The maximum Gasteiger partial charge on any atom is 0.201 e. The number of rotatable bonds is 5. The molecule has 4 atom stereocenters. The van der Waals surface area contributed by atoms with Crippen molar-refractivity contribution in [3.8, 4) is 0 Å². The van der Waals surface area contributed by atoms with Gasteiger partial charge in [-0.15, -0.1) is 0 Å². The summed E-state index contributed by atoms with van der Waals surface area (Å²) in [5.41, 5.74) is 4.32. The molecule has 0 aromatic heterocycles. The molecule has 0 saturated heterocycles. The van der Waals surface area contributed by atoms with Crippen molar-refractivity contribution in [2.75, 3.05) is 10.6 Å². The lowest BCUT2D eigenvalue weighted by atomic mass is 9.72. The second-order valence-corrected chi connectivity index (χ2v) is 16.7. The fraction of sp³-hybridized carbons (Fsp3) is 0.432. The molecule has 4 aromatic rings. The molecule has 7 rings (SSSR count). The standard InChI is InChI=1S/C44H52N2O2/c1-25-19-26(2)22-43(7,21-25)45-39-33(17-15-31-13-9-11-29(5)35(31)39)37-41(47)38(42(37)48)34-18-16-32-14-10-12-30(6)36(32)40(34)46-44(8)23-27(3)20-28(4)24-44/h9-18,25-28,45-47H,5,19-24H2,1-4,6-8H3/b37-33-. The Morgan fingerprint density at radius 3 is 1.79 bits per heavy atom. The van der Waals surface area contributed by atoms with Gasteiger partial charge in [-0.05, 0) is 105 Å². The number of aliphatic hydroxyl groups excluding tert-OH is 1. The number of hydrogen-bond acceptors (Lipinski definition) is 4. The first-order valence-corrected chi connectivity index (χ1v) is 18.1. The van der Waals surface area contributed by atoms with Crippen molar-refractivity contribution < 1.29 is 9.90 Å². The zero-order chi connectivity index (χ0) is 34.1. The fourth-order valence-electron chi connectivity index (χ4n) is 10.4. The van der Waals surface area contributed by atoms with Gasteiger partial charge in [0.1, 0.15) is 5.76 Å². The third-order valence-corrected chi connectivity index (χ3v) is 11.5. The Morgan fingerprint density at radius 2 is 1.21 bits per heavy atom. The zero-order valence-electron chi connectivity index (χ0n) is 29.9. The predicted octanol–water partition coefficient (Wildman–Crippen LogP) is 9.67. The average Bonchev–Trinajstić information content (AvgIpc) is 2.98. The van der Waals surface area contributed by atoms with Crippen LogP contribution in [0, 0.1) is 30.6 Å². The maximum absolute atomic E-state index is 14.5. The Labute approximate surface area is 286 Å². The topological polar surface area (TPSA) is 61.4 Å². The normalized spacial score (nSPS) is 30.4. The molecule has 3 aliphatic carbocycles. The first-order chi connectivity index (χ1) is 22.8. The third kappa shape index (κ3) is 5.61. The minimum Gasteiger partial charge on any atom is -0.506 e. The number of carbonyl (C=O) groups excluding carboxylic acids is 1. The molecule has 0 spiro atoms. The van der Waals surface area contributed by atoms with Crippen LogP contribution in [0.5, 0.6) is 0 Å². The van der Waals surface area contributed by atoms with Gasteiger partial charge in [-0.2, -0.15) is 0 Å². The highest BCUT2D eigenvalue weighted by Gasteiger charge is 2.41. The van der Waals surface area contributed by atoms with Crippen LogP contribution in [0.25, 0.3) is 39.3 Å². The highest BCUT2D eigenvalue weighted by Crippen LogP contribution is 2.46. The molecule has 0 radical (unpaired) electrons. The van der Waals surface area contributed by atoms with Gasteiger partial charge in [0.05, 0.1) is 22.5 Å². The number of Topliss-reactive ketones (excluding diaryl/α,β-unsaturated/α-hetero) is 1. The number of allylic oxidation sites excluding steroid dienone is 2. The fourth-order valence-corrected chi connectivity index (χ4v) is 10.4. The van der Waals surface area contributed by atoms with E-state index >= 15 is 0 Å². The largest absolute Gasteiger partial charge is 0.506 e. The zero-order valence-corrected chi connectivity index (χ0v) is 29.9. The Kier molecular flexibility index (Phi) is 8.01. The van der Waals surface area contributed by atoms with Crippen LogP contribution in [0.1, 0.15) is 91.2 Å². The number of aliphatic hydroxyl groups is 1. The van der Waals surface area contributed by atoms with Crippen molar-refractivity contribution >= 4 is 56.4 Å². The van der Waals surface area contributed by atoms with Crippen molar-refractivity contribution in [3.63, 3.8) is 0 Å². The van der Waals surface area contributed by atoms with Crippen molar-refractivity contribution in [3.05, 3.63) is 88.0 Å². The number of nitrogens with one attached hydrogen (secondary N) is 2. The van der Waals surface area contributed by atoms with Crippen LogP contribution >= 0.6 is 0 Å². The Balaban J connectivity index is 1.43. The van der Waals surface area contributed by atoms with Gasteiger partial charge in [-0.3, -0.25) is 4.79 Å². The van der Waals surface area contributed by atoms with Crippen LogP contribution in [0.2, 0.25) is 0 Å².